The first kappa shape index (κ1) is 10.6. The highest BCUT2D eigenvalue weighted by Crippen LogP contribution is 2.30. The first-order valence-corrected chi connectivity index (χ1v) is 6.66. The number of aromatic nitrogens is 2. The van der Waals surface area contributed by atoms with Gasteiger partial charge in [-0.1, -0.05) is 0 Å². The summed E-state index contributed by atoms with van der Waals surface area (Å²) in [6.07, 6.45) is 2.99. The summed E-state index contributed by atoms with van der Waals surface area (Å²) in [6, 6.07) is 0. The van der Waals surface area contributed by atoms with Gasteiger partial charge in [-0.3, -0.25) is 0 Å². The third kappa shape index (κ3) is 2.05. The molecule has 5 nitrogen and oxygen atoms in total. The quantitative estimate of drug-likeness (QED) is 0.769. The Morgan fingerprint density at radius 1 is 1.67 bits per heavy atom. The minimum absolute atomic E-state index is 0.0827. The van der Waals surface area contributed by atoms with Crippen LogP contribution < -0.4 is 0 Å². The summed E-state index contributed by atoms with van der Waals surface area (Å²) >= 11 is 0. The molecule has 1 fully saturated rings. The second-order valence-electron chi connectivity index (χ2n) is 4.04. The molecular formula is C9H14N2O3S. The summed E-state index contributed by atoms with van der Waals surface area (Å²) in [5, 5.41) is 10.00. The molecule has 1 aliphatic rings. The van der Waals surface area contributed by atoms with Crippen LogP contribution in [0.2, 0.25) is 0 Å². The molecule has 0 saturated carbocycles. The maximum absolute atomic E-state index is 11.3. The van der Waals surface area contributed by atoms with Crippen molar-refractivity contribution in [1.82, 2.24) is 9.55 Å². The Labute approximate surface area is 88.7 Å². The van der Waals surface area contributed by atoms with Crippen molar-refractivity contribution in [2.75, 3.05) is 11.5 Å². The fourth-order valence-corrected chi connectivity index (χ4v) is 3.80. The molecule has 1 aliphatic heterocycles. The molecule has 6 heteroatoms. The standard InChI is InChI=1S/C9H14N2O3S/c1-11-6-10-4-8(11)9(12)7-2-3-15(13,14)5-7/h4,6-7,9,12H,2-3,5H2,1H3. The van der Waals surface area contributed by atoms with Crippen molar-refractivity contribution in [2.24, 2.45) is 13.0 Å². The summed E-state index contributed by atoms with van der Waals surface area (Å²) in [7, 11) is -1.15. The van der Waals surface area contributed by atoms with Crippen LogP contribution in [0.15, 0.2) is 12.5 Å². The predicted molar refractivity (Wildman–Crippen MR) is 54.9 cm³/mol. The lowest BCUT2D eigenvalue weighted by molar-refractivity contribution is 0.114. The van der Waals surface area contributed by atoms with Crippen molar-refractivity contribution < 1.29 is 13.5 Å². The summed E-state index contributed by atoms with van der Waals surface area (Å²) in [5.41, 5.74) is 0.678. The van der Waals surface area contributed by atoms with Gasteiger partial charge in [0.15, 0.2) is 9.84 Å². The number of nitrogens with zero attached hydrogens (tertiary/aromatic N) is 2. The van der Waals surface area contributed by atoms with Crippen LogP contribution in [-0.4, -0.2) is 34.6 Å². The molecule has 2 atom stereocenters. The number of aryl methyl sites for hydroxylation is 1. The van der Waals surface area contributed by atoms with E-state index in [2.05, 4.69) is 4.98 Å². The Bertz CT molecular complexity index is 452. The maximum Gasteiger partial charge on any atom is 0.150 e. The van der Waals surface area contributed by atoms with E-state index in [4.69, 9.17) is 0 Å². The molecule has 0 aromatic carbocycles. The lowest BCUT2D eigenvalue weighted by Crippen LogP contribution is -2.16. The molecule has 0 spiro atoms. The predicted octanol–water partition coefficient (Wildman–Crippen LogP) is -0.112. The summed E-state index contributed by atoms with van der Waals surface area (Å²) in [4.78, 5) is 3.90. The molecule has 0 bridgehead atoms. The third-order valence-electron chi connectivity index (χ3n) is 2.87. The lowest BCUT2D eigenvalue weighted by Gasteiger charge is -2.16. The SMILES string of the molecule is Cn1cncc1C(O)C1CCS(=O)(=O)C1. The average Bonchev–Trinajstić information content (AvgIpc) is 2.71. The number of hydrogen-bond donors (Lipinski definition) is 1. The van der Waals surface area contributed by atoms with Gasteiger partial charge in [-0.25, -0.2) is 13.4 Å². The van der Waals surface area contributed by atoms with Crippen LogP contribution in [0.25, 0.3) is 0 Å². The van der Waals surface area contributed by atoms with Gasteiger partial charge in [-0.15, -0.1) is 0 Å². The highest BCUT2D eigenvalue weighted by molar-refractivity contribution is 7.91. The zero-order chi connectivity index (χ0) is 11.1. The van der Waals surface area contributed by atoms with E-state index < -0.39 is 15.9 Å². The topological polar surface area (TPSA) is 72.2 Å². The van der Waals surface area contributed by atoms with E-state index in [0.717, 1.165) is 0 Å². The zero-order valence-electron chi connectivity index (χ0n) is 8.50. The largest absolute Gasteiger partial charge is 0.386 e. The van der Waals surface area contributed by atoms with Crippen molar-refractivity contribution in [3.63, 3.8) is 0 Å². The van der Waals surface area contributed by atoms with E-state index in [1.807, 2.05) is 0 Å². The fourth-order valence-electron chi connectivity index (χ4n) is 1.97. The minimum Gasteiger partial charge on any atom is -0.386 e. The average molecular weight is 230 g/mol. The summed E-state index contributed by atoms with van der Waals surface area (Å²) < 4.78 is 24.3. The zero-order valence-corrected chi connectivity index (χ0v) is 9.31. The van der Waals surface area contributed by atoms with Crippen LogP contribution in [0.1, 0.15) is 18.2 Å². The monoisotopic (exact) mass is 230 g/mol. The van der Waals surface area contributed by atoms with Gasteiger partial charge in [-0.05, 0) is 6.42 Å². The fraction of sp³-hybridized carbons (Fsp3) is 0.667. The van der Waals surface area contributed by atoms with Crippen LogP contribution in [0.3, 0.4) is 0 Å². The Balaban J connectivity index is 2.17. The van der Waals surface area contributed by atoms with Crippen LogP contribution in [-0.2, 0) is 16.9 Å². The molecule has 1 N–H and O–H groups in total. The normalized spacial score (nSPS) is 26.7. The number of imidazole rings is 1. The molecule has 0 aliphatic carbocycles. The maximum atomic E-state index is 11.3. The molecule has 0 radical (unpaired) electrons. The minimum atomic E-state index is -2.93. The van der Waals surface area contributed by atoms with Crippen molar-refractivity contribution in [3.8, 4) is 0 Å². The van der Waals surface area contributed by atoms with E-state index in [1.165, 1.54) is 0 Å². The number of rotatable bonds is 2. The Kier molecular flexibility index (Phi) is 2.56. The number of aliphatic hydroxyl groups excluding tert-OH is 1. The first-order valence-electron chi connectivity index (χ1n) is 4.84. The van der Waals surface area contributed by atoms with E-state index in [1.54, 1.807) is 24.1 Å². The Morgan fingerprint density at radius 3 is 2.87 bits per heavy atom. The highest BCUT2D eigenvalue weighted by atomic mass is 32.2. The molecule has 2 heterocycles. The van der Waals surface area contributed by atoms with Crippen LogP contribution >= 0.6 is 0 Å². The Hall–Kier alpha value is -0.880. The molecule has 0 amide bonds. The first-order chi connectivity index (χ1) is 6.99. The van der Waals surface area contributed by atoms with E-state index in [9.17, 15) is 13.5 Å². The molecule has 84 valence electrons. The molecule has 2 unspecified atom stereocenters. The third-order valence-corrected chi connectivity index (χ3v) is 4.66. The molecule has 1 saturated heterocycles. The van der Waals surface area contributed by atoms with Gasteiger partial charge in [0, 0.05) is 13.0 Å². The van der Waals surface area contributed by atoms with E-state index in [0.29, 0.717) is 12.1 Å². The highest BCUT2D eigenvalue weighted by Gasteiger charge is 2.34. The molecular weight excluding hydrogens is 216 g/mol. The van der Waals surface area contributed by atoms with Crippen molar-refractivity contribution >= 4 is 9.84 Å². The molecule has 2 rings (SSSR count). The van der Waals surface area contributed by atoms with Gasteiger partial charge < -0.3 is 9.67 Å². The van der Waals surface area contributed by atoms with Gasteiger partial charge in [0.1, 0.15) is 0 Å². The van der Waals surface area contributed by atoms with Gasteiger partial charge >= 0.3 is 0 Å². The second kappa shape index (κ2) is 3.61. The summed E-state index contributed by atoms with van der Waals surface area (Å²) in [5.74, 6) is 0.0803. The van der Waals surface area contributed by atoms with Gasteiger partial charge in [0.05, 0.1) is 35.8 Å². The van der Waals surface area contributed by atoms with Crippen LogP contribution in [0.4, 0.5) is 0 Å². The molecule has 15 heavy (non-hydrogen) atoms. The number of sulfone groups is 1. The number of hydrogen-bond acceptors (Lipinski definition) is 4. The smallest absolute Gasteiger partial charge is 0.150 e. The Morgan fingerprint density at radius 2 is 2.40 bits per heavy atom. The van der Waals surface area contributed by atoms with Crippen molar-refractivity contribution in [2.45, 2.75) is 12.5 Å². The molecule has 1 aromatic rings. The van der Waals surface area contributed by atoms with Gasteiger partial charge in [-0.2, -0.15) is 0 Å². The van der Waals surface area contributed by atoms with Crippen molar-refractivity contribution in [1.29, 1.82) is 0 Å². The van der Waals surface area contributed by atoms with Crippen LogP contribution in [0.5, 0.6) is 0 Å². The van der Waals surface area contributed by atoms with Crippen LogP contribution in [0, 0.1) is 5.92 Å². The van der Waals surface area contributed by atoms with E-state index >= 15 is 0 Å². The lowest BCUT2D eigenvalue weighted by atomic mass is 10.00. The van der Waals surface area contributed by atoms with Crippen molar-refractivity contribution in [3.05, 3.63) is 18.2 Å². The second-order valence-corrected chi connectivity index (χ2v) is 6.27. The van der Waals surface area contributed by atoms with E-state index in [-0.39, 0.29) is 17.4 Å². The summed E-state index contributed by atoms with van der Waals surface area (Å²) in [6.45, 7) is 0. The van der Waals surface area contributed by atoms with Gasteiger partial charge in [0.2, 0.25) is 0 Å². The molecule has 1 aromatic heterocycles. The number of aliphatic hydroxyl groups is 1. The van der Waals surface area contributed by atoms with Gasteiger partial charge in [0.25, 0.3) is 0 Å².